The van der Waals surface area contributed by atoms with Crippen LogP contribution in [-0.2, 0) is 13.8 Å². The molecule has 0 amide bonds. The van der Waals surface area contributed by atoms with Crippen LogP contribution in [0.15, 0.2) is 78.6 Å². The fraction of sp³-hybridized carbons (Fsp3) is 0.226. The minimum atomic E-state index is -3.11. The first-order chi connectivity index (χ1) is 19.3. The van der Waals surface area contributed by atoms with Gasteiger partial charge in [-0.1, -0.05) is 36.4 Å². The van der Waals surface area contributed by atoms with Gasteiger partial charge in [-0.3, -0.25) is 4.57 Å². The van der Waals surface area contributed by atoms with Crippen LogP contribution < -0.4 is 4.74 Å². The topological polar surface area (TPSA) is 95.0 Å². The molecule has 1 heterocycles. The average Bonchev–Trinajstić information content (AvgIpc) is 2.94. The van der Waals surface area contributed by atoms with Gasteiger partial charge >= 0.3 is 5.97 Å². The van der Waals surface area contributed by atoms with Crippen LogP contribution >= 0.6 is 7.37 Å². The van der Waals surface area contributed by atoms with Gasteiger partial charge in [0, 0.05) is 28.9 Å². The lowest BCUT2D eigenvalue weighted by Crippen LogP contribution is -2.05. The molecule has 0 spiro atoms. The van der Waals surface area contributed by atoms with E-state index in [-0.39, 0.29) is 23.9 Å². The molecule has 0 aliphatic heterocycles. The summed E-state index contributed by atoms with van der Waals surface area (Å²) in [4.78, 5) is 16.9. The molecule has 1 aromatic heterocycles. The van der Waals surface area contributed by atoms with Gasteiger partial charge < -0.3 is 19.1 Å². The van der Waals surface area contributed by atoms with Crippen LogP contribution in [-0.4, -0.2) is 42.2 Å². The maximum Gasteiger partial charge on any atom is 0.336 e. The number of pyridine rings is 1. The van der Waals surface area contributed by atoms with Crippen molar-refractivity contribution in [2.24, 2.45) is 0 Å². The number of carboxylic acids is 1. The maximum atomic E-state index is 13.9. The van der Waals surface area contributed by atoms with E-state index in [9.17, 15) is 18.9 Å². The zero-order valence-corrected chi connectivity index (χ0v) is 23.5. The van der Waals surface area contributed by atoms with Crippen LogP contribution in [0.4, 0.5) is 4.39 Å². The Balaban J connectivity index is 1.75. The summed E-state index contributed by atoms with van der Waals surface area (Å²) in [6.07, 6.45) is 1.63. The van der Waals surface area contributed by atoms with E-state index in [4.69, 9.17) is 14.0 Å². The van der Waals surface area contributed by atoms with E-state index in [2.05, 4.69) is 4.98 Å². The van der Waals surface area contributed by atoms with Gasteiger partial charge in [-0.05, 0) is 68.3 Å². The van der Waals surface area contributed by atoms with E-state index >= 15 is 0 Å². The van der Waals surface area contributed by atoms with Crippen molar-refractivity contribution in [1.29, 1.82) is 0 Å². The zero-order valence-electron chi connectivity index (χ0n) is 22.6. The molecule has 9 heteroatoms. The number of rotatable bonds is 12. The fourth-order valence-electron chi connectivity index (χ4n) is 4.43. The van der Waals surface area contributed by atoms with Gasteiger partial charge in [0.25, 0.3) is 0 Å². The van der Waals surface area contributed by atoms with E-state index in [0.29, 0.717) is 41.3 Å². The van der Waals surface area contributed by atoms with Gasteiger partial charge in [0.2, 0.25) is 7.37 Å². The zero-order chi connectivity index (χ0) is 28.7. The number of hydrogen-bond donors (Lipinski definition) is 1. The summed E-state index contributed by atoms with van der Waals surface area (Å²) in [7, 11) is -3.11. The second-order valence-electron chi connectivity index (χ2n) is 8.97. The number of fused-ring (bicyclic) bond motifs is 1. The minimum absolute atomic E-state index is 0.00184. The quantitative estimate of drug-likeness (QED) is 0.175. The van der Waals surface area contributed by atoms with E-state index in [1.165, 1.54) is 24.0 Å². The second-order valence-corrected chi connectivity index (χ2v) is 11.2. The largest absolute Gasteiger partial charge is 0.489 e. The number of nitrogens with zero attached hydrogens (tertiary/aromatic N) is 1. The molecule has 40 heavy (non-hydrogen) atoms. The van der Waals surface area contributed by atoms with Crippen molar-refractivity contribution in [3.05, 3.63) is 95.6 Å². The number of carbonyl (C=O) groups is 1. The minimum Gasteiger partial charge on any atom is -0.489 e. The molecule has 4 aromatic rings. The lowest BCUT2D eigenvalue weighted by Gasteiger charge is -2.16. The third kappa shape index (κ3) is 6.65. The third-order valence-corrected chi connectivity index (χ3v) is 8.14. The molecule has 0 saturated carbocycles. The summed E-state index contributed by atoms with van der Waals surface area (Å²) in [6, 6.07) is 19.1. The number of ether oxygens (including phenoxy) is 2. The Morgan fingerprint density at radius 1 is 1.02 bits per heavy atom. The predicted molar refractivity (Wildman–Crippen MR) is 155 cm³/mol. The summed E-state index contributed by atoms with van der Waals surface area (Å²) in [5.41, 5.74) is 3.62. The molecule has 1 atom stereocenters. The smallest absolute Gasteiger partial charge is 0.336 e. The molecule has 0 fully saturated rings. The summed E-state index contributed by atoms with van der Waals surface area (Å²) >= 11 is 0. The Kier molecular flexibility index (Phi) is 9.48. The van der Waals surface area contributed by atoms with Crippen molar-refractivity contribution < 1.29 is 32.9 Å². The number of halogens is 1. The van der Waals surface area contributed by atoms with Crippen molar-refractivity contribution in [3.63, 3.8) is 0 Å². The Labute approximate surface area is 232 Å². The molecule has 3 aromatic carbocycles. The molecule has 1 unspecified atom stereocenters. The number of aromatic carboxylic acids is 1. The van der Waals surface area contributed by atoms with E-state index in [0.717, 1.165) is 11.1 Å². The highest BCUT2D eigenvalue weighted by molar-refractivity contribution is 7.62. The van der Waals surface area contributed by atoms with E-state index < -0.39 is 19.2 Å². The molecule has 208 valence electrons. The van der Waals surface area contributed by atoms with Crippen molar-refractivity contribution in [2.45, 2.75) is 20.8 Å². The van der Waals surface area contributed by atoms with Gasteiger partial charge in [-0.2, -0.15) is 0 Å². The average molecular weight is 564 g/mol. The summed E-state index contributed by atoms with van der Waals surface area (Å²) in [5, 5.41) is 10.2. The monoisotopic (exact) mass is 563 g/mol. The van der Waals surface area contributed by atoms with Gasteiger partial charge in [-0.25, -0.2) is 14.2 Å². The first-order valence-corrected chi connectivity index (χ1v) is 14.8. The molecule has 0 aliphatic carbocycles. The highest BCUT2D eigenvalue weighted by Crippen LogP contribution is 2.48. The number of carboxylic acid groups (broad SMARTS) is 1. The number of benzene rings is 3. The molecule has 0 bridgehead atoms. The fourth-order valence-corrected chi connectivity index (χ4v) is 5.96. The highest BCUT2D eigenvalue weighted by atomic mass is 31.2. The van der Waals surface area contributed by atoms with Crippen LogP contribution in [0, 0.1) is 12.7 Å². The first-order valence-electron chi connectivity index (χ1n) is 12.9. The van der Waals surface area contributed by atoms with Crippen LogP contribution in [0.3, 0.4) is 0 Å². The normalized spacial score (nSPS) is 13.0. The van der Waals surface area contributed by atoms with Gasteiger partial charge in [0.05, 0.1) is 23.4 Å². The van der Waals surface area contributed by atoms with Crippen LogP contribution in [0.1, 0.15) is 29.8 Å². The first kappa shape index (κ1) is 29.2. The number of hydrogen-bond acceptors (Lipinski definition) is 6. The molecule has 0 radical (unpaired) electrons. The summed E-state index contributed by atoms with van der Waals surface area (Å²) in [6.45, 7) is 6.08. The standard InChI is InChI=1S/C31H31FNO6P/c1-4-37-20-40(36,39-5-2)17-9-16-38-28-18-23(12-14-25(28)22-10-7-6-8-11-22)30-21(3)29(31(34)35)26-19-24(32)13-15-27(26)33-30/h6-15,17-19H,4-5,16,20H2,1-3H3,(H,34,35)/b17-9+. The van der Waals surface area contributed by atoms with E-state index in [1.807, 2.05) is 49.4 Å². The van der Waals surface area contributed by atoms with Crippen molar-refractivity contribution in [2.75, 3.05) is 26.2 Å². The molecule has 7 nitrogen and oxygen atoms in total. The Hall–Kier alpha value is -3.84. The maximum absolute atomic E-state index is 13.9. The Morgan fingerprint density at radius 3 is 2.50 bits per heavy atom. The van der Waals surface area contributed by atoms with Gasteiger partial charge in [0.15, 0.2) is 0 Å². The lowest BCUT2D eigenvalue weighted by molar-refractivity contribution is 0.0698. The lowest BCUT2D eigenvalue weighted by atomic mass is 9.95. The summed E-state index contributed by atoms with van der Waals surface area (Å²) < 4.78 is 43.9. The van der Waals surface area contributed by atoms with Crippen LogP contribution in [0.5, 0.6) is 5.75 Å². The molecule has 0 saturated heterocycles. The Bertz CT molecular complexity index is 1590. The Morgan fingerprint density at radius 2 is 1.80 bits per heavy atom. The van der Waals surface area contributed by atoms with Gasteiger partial charge in [-0.15, -0.1) is 0 Å². The third-order valence-electron chi connectivity index (χ3n) is 6.23. The van der Waals surface area contributed by atoms with Crippen LogP contribution in [0.2, 0.25) is 0 Å². The second kappa shape index (κ2) is 13.0. The number of aromatic nitrogens is 1. The molecule has 4 rings (SSSR count). The van der Waals surface area contributed by atoms with E-state index in [1.54, 1.807) is 26.0 Å². The highest BCUT2D eigenvalue weighted by Gasteiger charge is 2.21. The van der Waals surface area contributed by atoms with Gasteiger partial charge in [0.1, 0.15) is 24.5 Å². The molecular weight excluding hydrogens is 532 g/mol. The summed E-state index contributed by atoms with van der Waals surface area (Å²) in [5.74, 6) is 0.340. The molecule has 0 aliphatic rings. The van der Waals surface area contributed by atoms with Crippen molar-refractivity contribution in [3.8, 4) is 28.1 Å². The predicted octanol–water partition coefficient (Wildman–Crippen LogP) is 7.92. The van der Waals surface area contributed by atoms with Crippen LogP contribution in [0.25, 0.3) is 33.3 Å². The molecular formula is C31H31FNO6P. The SMILES string of the molecule is CCOCP(=O)(/C=C/COc1cc(-c2nc3ccc(F)cc3c(C(=O)O)c2C)ccc1-c1ccccc1)OCC. The molecule has 1 N–H and O–H groups in total. The van der Waals surface area contributed by atoms with Crippen molar-refractivity contribution in [1.82, 2.24) is 4.98 Å². The van der Waals surface area contributed by atoms with Crippen molar-refractivity contribution >= 4 is 24.2 Å².